The van der Waals surface area contributed by atoms with Gasteiger partial charge in [-0.3, -0.25) is 19.2 Å². The molecule has 29 heavy (non-hydrogen) atoms. The van der Waals surface area contributed by atoms with Gasteiger partial charge in [-0.05, 0) is 36.6 Å². The van der Waals surface area contributed by atoms with Crippen molar-refractivity contribution in [3.8, 4) is 6.07 Å². The van der Waals surface area contributed by atoms with Crippen LogP contribution in [0.4, 0.5) is 0 Å². The maximum absolute atomic E-state index is 12.6. The van der Waals surface area contributed by atoms with Gasteiger partial charge in [0, 0.05) is 5.56 Å². The minimum absolute atomic E-state index is 0.127. The molecular formula is C18H16N4O6S. The molecule has 2 unspecified atom stereocenters. The molecule has 3 rings (SSSR count). The van der Waals surface area contributed by atoms with Gasteiger partial charge >= 0.3 is 5.97 Å². The van der Waals surface area contributed by atoms with Crippen LogP contribution in [0.15, 0.2) is 35.2 Å². The van der Waals surface area contributed by atoms with Crippen LogP contribution in [0.1, 0.15) is 22.8 Å². The maximum Gasteiger partial charge on any atom is 0.331 e. The molecule has 0 spiro atoms. The van der Waals surface area contributed by atoms with E-state index in [1.807, 2.05) is 6.07 Å². The van der Waals surface area contributed by atoms with Crippen molar-refractivity contribution < 1.29 is 29.1 Å². The summed E-state index contributed by atoms with van der Waals surface area (Å²) in [6.07, 6.45) is 0. The van der Waals surface area contributed by atoms with E-state index in [2.05, 4.69) is 10.8 Å². The molecule has 2 aliphatic heterocycles. The zero-order valence-corrected chi connectivity index (χ0v) is 15.9. The lowest BCUT2D eigenvalue weighted by atomic mass is 9.97. The monoisotopic (exact) mass is 416 g/mol. The highest BCUT2D eigenvalue weighted by molar-refractivity contribution is 8.03. The molecule has 0 bridgehead atoms. The summed E-state index contributed by atoms with van der Waals surface area (Å²) in [4.78, 5) is 54.7. The highest BCUT2D eigenvalue weighted by atomic mass is 32.2. The number of carboxylic acids is 1. The second-order valence-corrected chi connectivity index (χ2v) is 7.08. The highest BCUT2D eigenvalue weighted by Crippen LogP contribution is 2.40. The normalized spacial score (nSPS) is 22.5. The summed E-state index contributed by atoms with van der Waals surface area (Å²) >= 11 is 1.06. The topological polar surface area (TPSA) is 149 Å². The molecule has 2 heterocycles. The van der Waals surface area contributed by atoms with E-state index in [9.17, 15) is 24.3 Å². The number of thioether (sulfide) groups is 1. The van der Waals surface area contributed by atoms with Gasteiger partial charge in [0.2, 0.25) is 5.91 Å². The number of rotatable bonds is 6. The smallest absolute Gasteiger partial charge is 0.331 e. The number of carbonyl (C=O) groups excluding carboxylic acids is 3. The summed E-state index contributed by atoms with van der Waals surface area (Å²) in [6.45, 7) is 1.84. The Bertz CT molecular complexity index is 939. The molecule has 1 aromatic carbocycles. The number of amides is 3. The number of β-lactam (4-membered cyclic amide) rings is 1. The van der Waals surface area contributed by atoms with E-state index in [1.165, 1.54) is 29.7 Å². The van der Waals surface area contributed by atoms with Gasteiger partial charge in [-0.15, -0.1) is 11.8 Å². The van der Waals surface area contributed by atoms with Crippen molar-refractivity contribution in [3.05, 3.63) is 46.4 Å². The molecular weight excluding hydrogens is 400 g/mol. The highest BCUT2D eigenvalue weighted by Gasteiger charge is 2.56. The van der Waals surface area contributed by atoms with E-state index in [1.54, 1.807) is 6.92 Å². The molecule has 0 aromatic heterocycles. The van der Waals surface area contributed by atoms with Crippen LogP contribution < -0.4 is 10.8 Å². The molecule has 11 heteroatoms. The van der Waals surface area contributed by atoms with E-state index < -0.39 is 41.1 Å². The third-order valence-corrected chi connectivity index (χ3v) is 5.52. The number of nitriles is 1. The molecule has 3 atom stereocenters. The number of benzene rings is 1. The van der Waals surface area contributed by atoms with E-state index in [0.29, 0.717) is 5.56 Å². The largest absolute Gasteiger partial charge is 0.479 e. The van der Waals surface area contributed by atoms with Crippen LogP contribution >= 0.6 is 11.8 Å². The van der Waals surface area contributed by atoms with Gasteiger partial charge in [0.1, 0.15) is 11.4 Å². The molecule has 0 radical (unpaired) electrons. The number of aliphatic carboxylic acids is 1. The predicted octanol–water partition coefficient (Wildman–Crippen LogP) is -0.0234. The number of nitrogens with one attached hydrogen (secondary N) is 2. The minimum atomic E-state index is -1.47. The van der Waals surface area contributed by atoms with Gasteiger partial charge in [0.25, 0.3) is 11.8 Å². The number of nitrogens with zero attached hydrogens (tertiary/aromatic N) is 2. The first-order valence-electron chi connectivity index (χ1n) is 8.52. The lowest BCUT2D eigenvalue weighted by Gasteiger charge is -2.51. The van der Waals surface area contributed by atoms with Crippen LogP contribution in [0.5, 0.6) is 0 Å². The Labute approximate surface area is 169 Å². The average molecular weight is 416 g/mol. The fourth-order valence-electron chi connectivity index (χ4n) is 2.94. The molecule has 0 saturated carbocycles. The number of carboxylic acid groups (broad SMARTS) is 1. The number of fused-ring (bicyclic) bond motifs is 1. The first kappa shape index (κ1) is 20.4. The van der Waals surface area contributed by atoms with Crippen LogP contribution in [0.2, 0.25) is 0 Å². The van der Waals surface area contributed by atoms with Crippen molar-refractivity contribution in [1.29, 1.82) is 5.26 Å². The SMILES string of the molecule is CCONC(=O)C1=CS[C@@H]2C(NC(=O)c3ccc(C#N)cc3)C(=O)N2C1C(=O)O. The fourth-order valence-corrected chi connectivity index (χ4v) is 4.16. The third-order valence-electron chi connectivity index (χ3n) is 4.36. The first-order valence-corrected chi connectivity index (χ1v) is 9.47. The van der Waals surface area contributed by atoms with Crippen LogP contribution in [0.25, 0.3) is 0 Å². The standard InChI is InChI=1S/C18H16N4O6S/c1-2-28-21-15(24)11-8-29-17-12(16(25)22(17)13(11)18(26)27)20-14(23)10-5-3-9(7-19)4-6-10/h3-6,8,12-13,17H,2H2,1H3,(H,20,23)(H,21,24)(H,26,27)/t12?,13?,17-/m1/s1. The van der Waals surface area contributed by atoms with Gasteiger partial charge in [0.15, 0.2) is 6.04 Å². The molecule has 1 aromatic rings. The fraction of sp³-hybridized carbons (Fsp3) is 0.278. The minimum Gasteiger partial charge on any atom is -0.479 e. The predicted molar refractivity (Wildman–Crippen MR) is 99.9 cm³/mol. The second kappa shape index (κ2) is 8.34. The van der Waals surface area contributed by atoms with Crippen molar-refractivity contribution in [3.63, 3.8) is 0 Å². The number of hydrogen-bond donors (Lipinski definition) is 3. The maximum atomic E-state index is 12.6. The Morgan fingerprint density at radius 2 is 1.97 bits per heavy atom. The molecule has 1 saturated heterocycles. The quantitative estimate of drug-likeness (QED) is 0.433. The molecule has 150 valence electrons. The Morgan fingerprint density at radius 1 is 1.28 bits per heavy atom. The molecule has 10 nitrogen and oxygen atoms in total. The third kappa shape index (κ3) is 3.80. The van der Waals surface area contributed by atoms with Crippen molar-refractivity contribution >= 4 is 35.5 Å². The summed E-state index contributed by atoms with van der Waals surface area (Å²) < 4.78 is 0. The summed E-state index contributed by atoms with van der Waals surface area (Å²) in [6, 6.07) is 5.41. The molecule has 0 aliphatic carbocycles. The molecule has 2 aliphatic rings. The Kier molecular flexibility index (Phi) is 5.86. The van der Waals surface area contributed by atoms with E-state index in [-0.39, 0.29) is 17.7 Å². The van der Waals surface area contributed by atoms with Crippen molar-refractivity contribution in [1.82, 2.24) is 15.7 Å². The molecule has 1 fully saturated rings. The van der Waals surface area contributed by atoms with Crippen LogP contribution in [0, 0.1) is 11.3 Å². The van der Waals surface area contributed by atoms with Crippen molar-refractivity contribution in [2.45, 2.75) is 24.4 Å². The second-order valence-electron chi connectivity index (χ2n) is 6.09. The zero-order chi connectivity index (χ0) is 21.1. The first-order chi connectivity index (χ1) is 13.9. The van der Waals surface area contributed by atoms with Crippen molar-refractivity contribution in [2.75, 3.05) is 6.61 Å². The number of hydrogen-bond acceptors (Lipinski definition) is 7. The molecule has 3 N–H and O–H groups in total. The Balaban J connectivity index is 1.75. The lowest BCUT2D eigenvalue weighted by molar-refractivity contribution is -0.159. The van der Waals surface area contributed by atoms with Gasteiger partial charge in [-0.1, -0.05) is 0 Å². The Morgan fingerprint density at radius 3 is 2.55 bits per heavy atom. The zero-order valence-electron chi connectivity index (χ0n) is 15.1. The van der Waals surface area contributed by atoms with E-state index in [0.717, 1.165) is 16.7 Å². The van der Waals surface area contributed by atoms with Crippen molar-refractivity contribution in [2.24, 2.45) is 0 Å². The van der Waals surface area contributed by atoms with E-state index in [4.69, 9.17) is 10.1 Å². The summed E-state index contributed by atoms with van der Waals surface area (Å²) in [5.41, 5.74) is 2.65. The summed E-state index contributed by atoms with van der Waals surface area (Å²) in [5.74, 6) is -3.24. The number of carbonyl (C=O) groups is 4. The van der Waals surface area contributed by atoms with E-state index >= 15 is 0 Å². The van der Waals surface area contributed by atoms with Gasteiger partial charge in [-0.2, -0.15) is 5.26 Å². The summed E-state index contributed by atoms with van der Waals surface area (Å²) in [7, 11) is 0. The average Bonchev–Trinajstić information content (AvgIpc) is 2.74. The lowest BCUT2D eigenvalue weighted by Crippen LogP contribution is -2.74. The number of hydroxylamine groups is 1. The van der Waals surface area contributed by atoms with Gasteiger partial charge < -0.3 is 15.3 Å². The van der Waals surface area contributed by atoms with Gasteiger partial charge in [0.05, 0.1) is 23.8 Å². The van der Waals surface area contributed by atoms with Gasteiger partial charge in [-0.25, -0.2) is 10.3 Å². The summed E-state index contributed by atoms with van der Waals surface area (Å²) in [5, 5.41) is 21.6. The van der Waals surface area contributed by atoms with Crippen LogP contribution in [-0.2, 0) is 19.2 Å². The van der Waals surface area contributed by atoms with Crippen LogP contribution in [0.3, 0.4) is 0 Å². The Hall–Kier alpha value is -3.36. The van der Waals surface area contributed by atoms with Crippen LogP contribution in [-0.4, -0.2) is 57.8 Å². The molecule has 3 amide bonds.